The lowest BCUT2D eigenvalue weighted by molar-refractivity contribution is 0.354. The van der Waals surface area contributed by atoms with Crippen LogP contribution >= 0.6 is 24.0 Å². The number of aliphatic imine (C=N–C) groups is 1. The van der Waals surface area contributed by atoms with E-state index in [1.165, 1.54) is 0 Å². The van der Waals surface area contributed by atoms with Crippen LogP contribution in [0.2, 0.25) is 0 Å². The average Bonchev–Trinajstić information content (AvgIpc) is 2.49. The van der Waals surface area contributed by atoms with Gasteiger partial charge in [-0.2, -0.15) is 0 Å². The molecule has 0 aliphatic rings. The molecule has 3 N–H and O–H groups in total. The van der Waals surface area contributed by atoms with Crippen molar-refractivity contribution in [2.24, 2.45) is 10.7 Å². The number of ether oxygens (including phenoxy) is 2. The smallest absolute Gasteiger partial charge is 0.188 e. The summed E-state index contributed by atoms with van der Waals surface area (Å²) >= 11 is 0. The van der Waals surface area contributed by atoms with Crippen molar-refractivity contribution in [2.45, 2.75) is 19.9 Å². The number of nitrogens with one attached hydrogen (secondary N) is 1. The topological polar surface area (TPSA) is 68.9 Å². The fraction of sp³-hybridized carbons (Fsp3) is 0.400. The number of hydrogen-bond acceptors (Lipinski definition) is 3. The van der Waals surface area contributed by atoms with E-state index in [0.717, 1.165) is 18.5 Å². The van der Waals surface area contributed by atoms with Gasteiger partial charge in [0.05, 0.1) is 20.8 Å². The number of allylic oxidation sites excluding steroid dienone is 1. The Morgan fingerprint density at radius 3 is 2.62 bits per heavy atom. The fourth-order valence-corrected chi connectivity index (χ4v) is 1.66. The highest BCUT2D eigenvalue weighted by atomic mass is 127. The molecule has 0 saturated heterocycles. The van der Waals surface area contributed by atoms with E-state index in [4.69, 9.17) is 15.2 Å². The minimum absolute atomic E-state index is 0. The molecule has 118 valence electrons. The summed E-state index contributed by atoms with van der Waals surface area (Å²) in [6.07, 6.45) is 5.02. The van der Waals surface area contributed by atoms with E-state index in [1.54, 1.807) is 14.2 Å². The third-order valence-electron chi connectivity index (χ3n) is 2.73. The first-order chi connectivity index (χ1) is 9.71. The summed E-state index contributed by atoms with van der Waals surface area (Å²) in [7, 11) is 3.23. The van der Waals surface area contributed by atoms with Crippen LogP contribution in [0, 0.1) is 0 Å². The van der Waals surface area contributed by atoms with Crippen molar-refractivity contribution in [3.05, 3.63) is 35.9 Å². The molecule has 0 aliphatic carbocycles. The van der Waals surface area contributed by atoms with Crippen molar-refractivity contribution in [2.75, 3.05) is 20.8 Å². The van der Waals surface area contributed by atoms with Crippen molar-refractivity contribution in [1.29, 1.82) is 0 Å². The van der Waals surface area contributed by atoms with Gasteiger partial charge in [0.1, 0.15) is 0 Å². The number of nitrogens with two attached hydrogens (primary N) is 1. The Hall–Kier alpha value is -1.44. The molecule has 1 rings (SSSR count). The van der Waals surface area contributed by atoms with Gasteiger partial charge >= 0.3 is 0 Å². The van der Waals surface area contributed by atoms with Gasteiger partial charge in [-0.3, -0.25) is 0 Å². The molecule has 5 nitrogen and oxygen atoms in total. The van der Waals surface area contributed by atoms with E-state index >= 15 is 0 Å². The van der Waals surface area contributed by atoms with Crippen molar-refractivity contribution in [1.82, 2.24) is 5.32 Å². The monoisotopic (exact) mass is 405 g/mol. The molecule has 0 spiro atoms. The molecule has 0 amide bonds. The lowest BCUT2D eigenvalue weighted by Gasteiger charge is -2.09. The van der Waals surface area contributed by atoms with Crippen molar-refractivity contribution >= 4 is 29.9 Å². The minimum atomic E-state index is 0. The molecule has 6 heteroatoms. The largest absolute Gasteiger partial charge is 0.493 e. The van der Waals surface area contributed by atoms with Gasteiger partial charge < -0.3 is 20.5 Å². The van der Waals surface area contributed by atoms with E-state index in [2.05, 4.69) is 16.4 Å². The van der Waals surface area contributed by atoms with Gasteiger partial charge in [-0.25, -0.2) is 4.99 Å². The lowest BCUT2D eigenvalue weighted by Crippen LogP contribution is -2.32. The summed E-state index contributed by atoms with van der Waals surface area (Å²) in [5.74, 6) is 1.85. The van der Waals surface area contributed by atoms with Crippen LogP contribution in [-0.2, 0) is 6.54 Å². The number of nitrogens with zero attached hydrogens (tertiary/aromatic N) is 1. The quantitative estimate of drug-likeness (QED) is 0.241. The first-order valence-corrected chi connectivity index (χ1v) is 6.57. The number of benzene rings is 1. The summed E-state index contributed by atoms with van der Waals surface area (Å²) in [5.41, 5.74) is 6.80. The molecule has 0 atom stereocenters. The zero-order chi connectivity index (χ0) is 14.8. The van der Waals surface area contributed by atoms with E-state index in [0.29, 0.717) is 24.0 Å². The number of halogens is 1. The Labute approximate surface area is 143 Å². The normalized spacial score (nSPS) is 11.1. The second kappa shape index (κ2) is 11.2. The molecule has 0 unspecified atom stereocenters. The molecule has 1 aromatic carbocycles. The van der Waals surface area contributed by atoms with Gasteiger partial charge in [0.25, 0.3) is 0 Å². The predicted molar refractivity (Wildman–Crippen MR) is 97.7 cm³/mol. The molecular formula is C15H24IN3O2. The van der Waals surface area contributed by atoms with Crippen LogP contribution in [0.5, 0.6) is 11.5 Å². The minimum Gasteiger partial charge on any atom is -0.493 e. The molecule has 21 heavy (non-hydrogen) atoms. The van der Waals surface area contributed by atoms with Crippen LogP contribution in [0.25, 0.3) is 0 Å². The maximum Gasteiger partial charge on any atom is 0.188 e. The summed E-state index contributed by atoms with van der Waals surface area (Å²) < 4.78 is 10.4. The van der Waals surface area contributed by atoms with Crippen LogP contribution < -0.4 is 20.5 Å². The highest BCUT2D eigenvalue weighted by Crippen LogP contribution is 2.27. The second-order valence-corrected chi connectivity index (χ2v) is 4.18. The first-order valence-electron chi connectivity index (χ1n) is 6.57. The number of hydrogen-bond donors (Lipinski definition) is 2. The molecule has 0 aliphatic heterocycles. The Balaban J connectivity index is 0.00000400. The molecule has 0 fully saturated rings. The molecule has 0 bridgehead atoms. The first kappa shape index (κ1) is 19.6. The number of guanidine groups is 1. The third-order valence-corrected chi connectivity index (χ3v) is 2.73. The zero-order valence-corrected chi connectivity index (χ0v) is 15.1. The Bertz CT molecular complexity index is 476. The standard InChI is InChI=1S/C15H23N3O2.HI/c1-4-5-6-9-17-15(16)18-11-12-7-8-13(19-2)14(10-12)20-3;/h4-5,7-8,10H,6,9,11H2,1-3H3,(H3,16,17,18);1H. The van der Waals surface area contributed by atoms with Gasteiger partial charge in [-0.05, 0) is 31.0 Å². The van der Waals surface area contributed by atoms with Crippen LogP contribution in [0.3, 0.4) is 0 Å². The third kappa shape index (κ3) is 7.22. The Morgan fingerprint density at radius 1 is 1.29 bits per heavy atom. The predicted octanol–water partition coefficient (Wildman–Crippen LogP) is 2.69. The SMILES string of the molecule is CC=CCCNC(N)=NCc1ccc(OC)c(OC)c1.I. The van der Waals surface area contributed by atoms with E-state index in [9.17, 15) is 0 Å². The van der Waals surface area contributed by atoms with E-state index < -0.39 is 0 Å². The molecule has 1 aromatic rings. The van der Waals surface area contributed by atoms with E-state index in [-0.39, 0.29) is 24.0 Å². The highest BCUT2D eigenvalue weighted by molar-refractivity contribution is 14.0. The number of methoxy groups -OCH3 is 2. The molecule has 0 heterocycles. The number of rotatable bonds is 7. The van der Waals surface area contributed by atoms with Gasteiger partial charge in [0.2, 0.25) is 0 Å². The maximum atomic E-state index is 5.79. The fourth-order valence-electron chi connectivity index (χ4n) is 1.66. The van der Waals surface area contributed by atoms with Gasteiger partial charge in [-0.1, -0.05) is 18.2 Å². The van der Waals surface area contributed by atoms with Gasteiger partial charge in [-0.15, -0.1) is 24.0 Å². The van der Waals surface area contributed by atoms with Crippen LogP contribution in [0.4, 0.5) is 0 Å². The second-order valence-electron chi connectivity index (χ2n) is 4.18. The lowest BCUT2D eigenvalue weighted by atomic mass is 10.2. The maximum absolute atomic E-state index is 5.79. The van der Waals surface area contributed by atoms with Crippen LogP contribution in [-0.4, -0.2) is 26.7 Å². The van der Waals surface area contributed by atoms with E-state index in [1.807, 2.05) is 31.2 Å². The van der Waals surface area contributed by atoms with Crippen molar-refractivity contribution in [3.63, 3.8) is 0 Å². The van der Waals surface area contributed by atoms with Crippen molar-refractivity contribution < 1.29 is 9.47 Å². The van der Waals surface area contributed by atoms with Crippen molar-refractivity contribution in [3.8, 4) is 11.5 Å². The molecule has 0 aromatic heterocycles. The summed E-state index contributed by atoms with van der Waals surface area (Å²) in [5, 5.41) is 3.06. The summed E-state index contributed by atoms with van der Waals surface area (Å²) in [4.78, 5) is 4.29. The Kier molecular flexibility index (Phi) is 10.5. The summed E-state index contributed by atoms with van der Waals surface area (Å²) in [6.45, 7) is 3.28. The molecular weight excluding hydrogens is 381 g/mol. The molecule has 0 radical (unpaired) electrons. The molecule has 0 saturated carbocycles. The van der Waals surface area contributed by atoms with Gasteiger partial charge in [0.15, 0.2) is 17.5 Å². The summed E-state index contributed by atoms with van der Waals surface area (Å²) in [6, 6.07) is 5.70. The van der Waals surface area contributed by atoms with Crippen LogP contribution in [0.1, 0.15) is 18.9 Å². The Morgan fingerprint density at radius 2 is 2.00 bits per heavy atom. The average molecular weight is 405 g/mol. The zero-order valence-electron chi connectivity index (χ0n) is 12.8. The van der Waals surface area contributed by atoms with Crippen LogP contribution in [0.15, 0.2) is 35.3 Å². The van der Waals surface area contributed by atoms with Gasteiger partial charge in [0, 0.05) is 6.54 Å². The highest BCUT2D eigenvalue weighted by Gasteiger charge is 2.04.